The fraction of sp³-hybridized carbons (Fsp3) is 0.438. The van der Waals surface area contributed by atoms with Gasteiger partial charge in [-0.2, -0.15) is 0 Å². The molecule has 0 aromatic rings. The predicted octanol–water partition coefficient (Wildman–Crippen LogP) is 5.23. The lowest BCUT2D eigenvalue weighted by Crippen LogP contribution is -1.91. The van der Waals surface area contributed by atoms with Gasteiger partial charge in [0, 0.05) is 11.4 Å². The van der Waals surface area contributed by atoms with Crippen LogP contribution < -0.4 is 0 Å². The third kappa shape index (κ3) is 6.06. The van der Waals surface area contributed by atoms with Crippen LogP contribution in [0.4, 0.5) is 0 Å². The van der Waals surface area contributed by atoms with Crippen LogP contribution in [0.2, 0.25) is 0 Å². The Morgan fingerprint density at radius 1 is 1.12 bits per heavy atom. The van der Waals surface area contributed by atoms with Crippen molar-refractivity contribution in [3.05, 3.63) is 47.2 Å². The summed E-state index contributed by atoms with van der Waals surface area (Å²) in [6.45, 7) is 16.3. The molecule has 0 amide bonds. The standard InChI is InChI=1S/C16H25N/c1-8-10-13(5)16(9-2)15(7)17-14(6)11-12(3)4/h9-11H,2,8H2,1,3-7H3/b13-10-,16-15-,17-14-. The van der Waals surface area contributed by atoms with Crippen molar-refractivity contribution in [2.24, 2.45) is 4.99 Å². The third-order valence-corrected chi connectivity index (χ3v) is 2.37. The number of hydrogen-bond donors (Lipinski definition) is 0. The van der Waals surface area contributed by atoms with Gasteiger partial charge in [-0.3, -0.25) is 4.99 Å². The number of hydrogen-bond acceptors (Lipinski definition) is 1. The number of allylic oxidation sites excluding steroid dienone is 7. The second-order valence-electron chi connectivity index (χ2n) is 4.47. The molecule has 0 fully saturated rings. The van der Waals surface area contributed by atoms with Crippen LogP contribution in [0, 0.1) is 0 Å². The molecule has 0 aliphatic rings. The molecule has 0 aliphatic heterocycles. The smallest absolute Gasteiger partial charge is 0.0450 e. The van der Waals surface area contributed by atoms with Gasteiger partial charge >= 0.3 is 0 Å². The molecule has 0 spiro atoms. The van der Waals surface area contributed by atoms with E-state index in [1.165, 1.54) is 11.1 Å². The lowest BCUT2D eigenvalue weighted by molar-refractivity contribution is 1.16. The SMILES string of the molecule is C=CC(/C(C)=C\CC)=C(C)/N=C(/C)C=C(C)C. The van der Waals surface area contributed by atoms with Crippen molar-refractivity contribution >= 4 is 5.71 Å². The zero-order chi connectivity index (χ0) is 13.4. The van der Waals surface area contributed by atoms with E-state index in [1.54, 1.807) is 0 Å². The maximum atomic E-state index is 4.60. The summed E-state index contributed by atoms with van der Waals surface area (Å²) < 4.78 is 0. The molecular formula is C16H25N. The fourth-order valence-electron chi connectivity index (χ4n) is 1.78. The molecule has 0 radical (unpaired) electrons. The Morgan fingerprint density at radius 2 is 1.71 bits per heavy atom. The molecular weight excluding hydrogens is 206 g/mol. The topological polar surface area (TPSA) is 12.4 Å². The number of aliphatic imine (C=N–C) groups is 1. The van der Waals surface area contributed by atoms with Crippen molar-refractivity contribution in [1.82, 2.24) is 0 Å². The van der Waals surface area contributed by atoms with Crippen LogP contribution in [-0.2, 0) is 0 Å². The van der Waals surface area contributed by atoms with Gasteiger partial charge in [0.05, 0.1) is 0 Å². The molecule has 17 heavy (non-hydrogen) atoms. The van der Waals surface area contributed by atoms with E-state index in [2.05, 4.69) is 51.4 Å². The Hall–Kier alpha value is -1.37. The van der Waals surface area contributed by atoms with Gasteiger partial charge in [0.25, 0.3) is 0 Å². The first-order chi connectivity index (χ1) is 7.92. The molecule has 0 aromatic heterocycles. The highest BCUT2D eigenvalue weighted by Gasteiger charge is 2.00. The summed E-state index contributed by atoms with van der Waals surface area (Å²) in [5.74, 6) is 0. The van der Waals surface area contributed by atoms with Crippen LogP contribution in [0.15, 0.2) is 52.2 Å². The van der Waals surface area contributed by atoms with Gasteiger partial charge in [-0.1, -0.05) is 31.2 Å². The van der Waals surface area contributed by atoms with Gasteiger partial charge in [0.2, 0.25) is 0 Å². The third-order valence-electron chi connectivity index (χ3n) is 2.37. The lowest BCUT2D eigenvalue weighted by Gasteiger charge is -2.06. The molecule has 0 saturated heterocycles. The van der Waals surface area contributed by atoms with Gasteiger partial charge in [-0.15, -0.1) is 0 Å². The van der Waals surface area contributed by atoms with E-state index >= 15 is 0 Å². The van der Waals surface area contributed by atoms with E-state index in [-0.39, 0.29) is 0 Å². The molecule has 0 rings (SSSR count). The summed E-state index contributed by atoms with van der Waals surface area (Å²) >= 11 is 0. The molecule has 0 unspecified atom stereocenters. The first kappa shape index (κ1) is 15.6. The molecule has 0 aliphatic carbocycles. The fourth-order valence-corrected chi connectivity index (χ4v) is 1.78. The second kappa shape index (κ2) is 7.83. The molecule has 1 heteroatoms. The van der Waals surface area contributed by atoms with Crippen molar-refractivity contribution < 1.29 is 0 Å². The highest BCUT2D eigenvalue weighted by molar-refractivity contribution is 5.94. The Labute approximate surface area is 106 Å². The van der Waals surface area contributed by atoms with E-state index in [0.29, 0.717) is 0 Å². The Morgan fingerprint density at radius 3 is 2.12 bits per heavy atom. The van der Waals surface area contributed by atoms with Gasteiger partial charge in [-0.25, -0.2) is 0 Å². The molecule has 94 valence electrons. The second-order valence-corrected chi connectivity index (χ2v) is 4.47. The number of nitrogens with zero attached hydrogens (tertiary/aromatic N) is 1. The normalized spacial score (nSPS) is 14.2. The summed E-state index contributed by atoms with van der Waals surface area (Å²) in [7, 11) is 0. The summed E-state index contributed by atoms with van der Waals surface area (Å²) in [4.78, 5) is 4.60. The highest BCUT2D eigenvalue weighted by atomic mass is 14.7. The molecule has 0 atom stereocenters. The molecule has 0 aromatic carbocycles. The van der Waals surface area contributed by atoms with Gasteiger partial charge in [0.1, 0.15) is 0 Å². The Kier molecular flexibility index (Phi) is 7.20. The summed E-state index contributed by atoms with van der Waals surface area (Å²) in [6.07, 6.45) is 7.21. The van der Waals surface area contributed by atoms with E-state index < -0.39 is 0 Å². The molecule has 1 nitrogen and oxygen atoms in total. The van der Waals surface area contributed by atoms with E-state index in [4.69, 9.17) is 0 Å². The average Bonchev–Trinajstić information content (AvgIpc) is 2.17. The van der Waals surface area contributed by atoms with Crippen molar-refractivity contribution in [3.8, 4) is 0 Å². The molecule has 0 heterocycles. The zero-order valence-electron chi connectivity index (χ0n) is 12.1. The van der Waals surface area contributed by atoms with Crippen LogP contribution in [0.1, 0.15) is 48.0 Å². The summed E-state index contributed by atoms with van der Waals surface area (Å²) in [6, 6.07) is 0. The maximum absolute atomic E-state index is 4.60. The van der Waals surface area contributed by atoms with E-state index in [1.807, 2.05) is 19.9 Å². The number of rotatable bonds is 5. The molecule has 0 N–H and O–H groups in total. The van der Waals surface area contributed by atoms with Crippen molar-refractivity contribution in [3.63, 3.8) is 0 Å². The summed E-state index contributed by atoms with van der Waals surface area (Å²) in [5, 5.41) is 0. The average molecular weight is 231 g/mol. The van der Waals surface area contributed by atoms with Crippen LogP contribution in [0.3, 0.4) is 0 Å². The first-order valence-corrected chi connectivity index (χ1v) is 6.13. The highest BCUT2D eigenvalue weighted by Crippen LogP contribution is 2.17. The zero-order valence-corrected chi connectivity index (χ0v) is 12.1. The van der Waals surface area contributed by atoms with Crippen LogP contribution in [0.25, 0.3) is 0 Å². The monoisotopic (exact) mass is 231 g/mol. The minimum absolute atomic E-state index is 1.03. The van der Waals surface area contributed by atoms with Crippen LogP contribution >= 0.6 is 0 Å². The quantitative estimate of drug-likeness (QED) is 0.454. The maximum Gasteiger partial charge on any atom is 0.0450 e. The Bertz CT molecular complexity index is 386. The van der Waals surface area contributed by atoms with Crippen LogP contribution in [-0.4, -0.2) is 5.71 Å². The van der Waals surface area contributed by atoms with Crippen molar-refractivity contribution in [2.75, 3.05) is 0 Å². The minimum atomic E-state index is 1.03. The van der Waals surface area contributed by atoms with E-state index in [0.717, 1.165) is 23.4 Å². The predicted molar refractivity (Wildman–Crippen MR) is 79.5 cm³/mol. The summed E-state index contributed by atoms with van der Waals surface area (Å²) in [5.41, 5.74) is 5.70. The van der Waals surface area contributed by atoms with E-state index in [9.17, 15) is 0 Å². The minimum Gasteiger partial charge on any atom is -0.258 e. The van der Waals surface area contributed by atoms with Gasteiger partial charge in [0.15, 0.2) is 0 Å². The van der Waals surface area contributed by atoms with Crippen LogP contribution in [0.5, 0.6) is 0 Å². The van der Waals surface area contributed by atoms with Gasteiger partial charge in [-0.05, 0) is 58.3 Å². The van der Waals surface area contributed by atoms with Gasteiger partial charge < -0.3 is 0 Å². The Balaban J connectivity index is 5.33. The van der Waals surface area contributed by atoms with Crippen molar-refractivity contribution in [2.45, 2.75) is 48.0 Å². The molecule has 0 saturated carbocycles. The first-order valence-electron chi connectivity index (χ1n) is 6.13. The van der Waals surface area contributed by atoms with Crippen molar-refractivity contribution in [1.29, 1.82) is 0 Å². The molecule has 0 bridgehead atoms. The largest absolute Gasteiger partial charge is 0.258 e. The lowest BCUT2D eigenvalue weighted by atomic mass is 10.0.